The zero-order valence-electron chi connectivity index (χ0n) is 14.4. The molecule has 25 heavy (non-hydrogen) atoms. The van der Waals surface area contributed by atoms with Gasteiger partial charge in [0, 0.05) is 34.3 Å². The Bertz CT molecular complexity index is 887. The summed E-state index contributed by atoms with van der Waals surface area (Å²) >= 11 is 3.49. The first-order chi connectivity index (χ1) is 12.0. The van der Waals surface area contributed by atoms with Gasteiger partial charge in [0.1, 0.15) is 0 Å². The summed E-state index contributed by atoms with van der Waals surface area (Å²) in [5.74, 6) is 0.178. The molecule has 0 amide bonds. The third-order valence-electron chi connectivity index (χ3n) is 4.44. The van der Waals surface area contributed by atoms with Gasteiger partial charge in [-0.15, -0.1) is 0 Å². The van der Waals surface area contributed by atoms with E-state index < -0.39 is 0 Å². The van der Waals surface area contributed by atoms with E-state index >= 15 is 0 Å². The van der Waals surface area contributed by atoms with Crippen LogP contribution in [0.5, 0.6) is 0 Å². The topological polar surface area (TPSA) is 30.0 Å². The van der Waals surface area contributed by atoms with Crippen molar-refractivity contribution in [3.63, 3.8) is 0 Å². The van der Waals surface area contributed by atoms with Crippen molar-refractivity contribution in [1.29, 1.82) is 0 Å². The lowest BCUT2D eigenvalue weighted by Crippen LogP contribution is -2.11. The highest BCUT2D eigenvalue weighted by Gasteiger charge is 2.20. The van der Waals surface area contributed by atoms with Crippen molar-refractivity contribution in [3.8, 4) is 0 Å². The molecule has 0 saturated carbocycles. The van der Waals surface area contributed by atoms with Gasteiger partial charge in [0.15, 0.2) is 5.78 Å². The minimum absolute atomic E-state index is 0.0373. The van der Waals surface area contributed by atoms with Crippen molar-refractivity contribution in [3.05, 3.63) is 99.3 Å². The number of rotatable bonds is 5. The largest absolute Gasteiger partial charge is 0.294 e. The number of halogens is 1. The fraction of sp³-hybridized carbons (Fsp3) is 0.182. The number of carbonyl (C=O) groups is 1. The Labute approximate surface area is 157 Å². The number of aromatic nitrogens is 1. The number of carbonyl (C=O) groups excluding carboxylic acids is 1. The van der Waals surface area contributed by atoms with Gasteiger partial charge in [-0.3, -0.25) is 9.78 Å². The van der Waals surface area contributed by atoms with Gasteiger partial charge in [-0.25, -0.2) is 0 Å². The second-order valence-electron chi connectivity index (χ2n) is 6.27. The molecule has 1 atom stereocenters. The third kappa shape index (κ3) is 4.23. The summed E-state index contributed by atoms with van der Waals surface area (Å²) in [5, 5.41) is 0. The summed E-state index contributed by atoms with van der Waals surface area (Å²) < 4.78 is 1.04. The van der Waals surface area contributed by atoms with Crippen LogP contribution in [-0.2, 0) is 0 Å². The molecule has 1 heterocycles. The highest BCUT2D eigenvalue weighted by Crippen LogP contribution is 2.32. The van der Waals surface area contributed by atoms with E-state index in [1.54, 1.807) is 12.3 Å². The van der Waals surface area contributed by atoms with Crippen LogP contribution in [-0.4, -0.2) is 10.8 Å². The highest BCUT2D eigenvalue weighted by atomic mass is 79.9. The third-order valence-corrected chi connectivity index (χ3v) is 4.97. The maximum absolute atomic E-state index is 12.9. The number of aryl methyl sites for hydroxylation is 2. The molecule has 3 aromatic rings. The molecule has 3 heteroatoms. The van der Waals surface area contributed by atoms with Crippen molar-refractivity contribution in [1.82, 2.24) is 4.98 Å². The molecule has 0 saturated heterocycles. The van der Waals surface area contributed by atoms with Gasteiger partial charge in [0.05, 0.1) is 0 Å². The van der Waals surface area contributed by atoms with E-state index in [2.05, 4.69) is 52.1 Å². The molecule has 3 rings (SSSR count). The summed E-state index contributed by atoms with van der Waals surface area (Å²) in [7, 11) is 0. The number of Topliss-reactive ketones (excluding diaryl/α,β-unsaturated/α-hetero) is 1. The van der Waals surface area contributed by atoms with Gasteiger partial charge in [0.25, 0.3) is 0 Å². The minimum Gasteiger partial charge on any atom is -0.294 e. The van der Waals surface area contributed by atoms with Crippen LogP contribution in [0.1, 0.15) is 45.1 Å². The van der Waals surface area contributed by atoms with Crippen LogP contribution in [0.3, 0.4) is 0 Å². The molecule has 0 spiro atoms. The molecule has 126 valence electrons. The molecule has 0 aliphatic carbocycles. The second-order valence-corrected chi connectivity index (χ2v) is 7.19. The van der Waals surface area contributed by atoms with Crippen LogP contribution in [0.2, 0.25) is 0 Å². The van der Waals surface area contributed by atoms with Crippen LogP contribution >= 0.6 is 15.9 Å². The SMILES string of the molecule is Cc1cc(C(=O)C[C@@H](c2ccc(Br)cc2)c2ccccc2C)ccn1. The van der Waals surface area contributed by atoms with Gasteiger partial charge in [0.2, 0.25) is 0 Å². The van der Waals surface area contributed by atoms with Crippen molar-refractivity contribution < 1.29 is 4.79 Å². The molecular weight excluding hydrogens is 374 g/mol. The molecule has 1 aromatic heterocycles. The van der Waals surface area contributed by atoms with Crippen molar-refractivity contribution in [2.24, 2.45) is 0 Å². The van der Waals surface area contributed by atoms with Gasteiger partial charge in [-0.2, -0.15) is 0 Å². The number of hydrogen-bond donors (Lipinski definition) is 0. The second kappa shape index (κ2) is 7.75. The van der Waals surface area contributed by atoms with E-state index in [0.717, 1.165) is 21.3 Å². The predicted molar refractivity (Wildman–Crippen MR) is 105 cm³/mol. The lowest BCUT2D eigenvalue weighted by Gasteiger charge is -2.20. The first-order valence-corrected chi connectivity index (χ1v) is 9.11. The summed E-state index contributed by atoms with van der Waals surface area (Å²) in [6.45, 7) is 4.01. The van der Waals surface area contributed by atoms with E-state index in [1.807, 2.05) is 37.3 Å². The van der Waals surface area contributed by atoms with E-state index in [1.165, 1.54) is 11.1 Å². The Morgan fingerprint density at radius 3 is 2.44 bits per heavy atom. The fourth-order valence-corrected chi connectivity index (χ4v) is 3.37. The molecule has 2 nitrogen and oxygen atoms in total. The van der Waals surface area contributed by atoms with Crippen molar-refractivity contribution >= 4 is 21.7 Å². The first-order valence-electron chi connectivity index (χ1n) is 8.31. The zero-order chi connectivity index (χ0) is 17.8. The van der Waals surface area contributed by atoms with E-state index in [0.29, 0.717) is 6.42 Å². The first kappa shape index (κ1) is 17.6. The molecule has 0 unspecified atom stereocenters. The standard InChI is InChI=1S/C22H20BrNO/c1-15-5-3-4-6-20(15)21(17-7-9-19(23)10-8-17)14-22(25)18-11-12-24-16(2)13-18/h3-13,21H,14H2,1-2H3/t21-/m0/s1. The summed E-state index contributed by atoms with van der Waals surface area (Å²) in [6.07, 6.45) is 2.14. The van der Waals surface area contributed by atoms with Gasteiger partial charge in [-0.05, 0) is 54.8 Å². The fourth-order valence-electron chi connectivity index (χ4n) is 3.10. The van der Waals surface area contributed by atoms with E-state index in [4.69, 9.17) is 0 Å². The number of benzene rings is 2. The lowest BCUT2D eigenvalue weighted by atomic mass is 9.84. The molecule has 0 aliphatic heterocycles. The van der Waals surface area contributed by atoms with Gasteiger partial charge in [-0.1, -0.05) is 52.3 Å². The maximum Gasteiger partial charge on any atom is 0.163 e. The van der Waals surface area contributed by atoms with Crippen LogP contribution < -0.4 is 0 Å². The normalized spacial score (nSPS) is 12.0. The van der Waals surface area contributed by atoms with E-state index in [9.17, 15) is 4.79 Å². The lowest BCUT2D eigenvalue weighted by molar-refractivity contribution is 0.0977. The highest BCUT2D eigenvalue weighted by molar-refractivity contribution is 9.10. The van der Waals surface area contributed by atoms with Crippen LogP contribution in [0.15, 0.2) is 71.3 Å². The van der Waals surface area contributed by atoms with Crippen LogP contribution in [0, 0.1) is 13.8 Å². The summed E-state index contributed by atoms with van der Waals surface area (Å²) in [4.78, 5) is 17.1. The Kier molecular flexibility index (Phi) is 5.44. The van der Waals surface area contributed by atoms with Crippen LogP contribution in [0.25, 0.3) is 0 Å². The molecule has 0 fully saturated rings. The predicted octanol–water partition coefficient (Wildman–Crippen LogP) is 5.87. The number of nitrogens with zero attached hydrogens (tertiary/aromatic N) is 1. The molecule has 0 radical (unpaired) electrons. The molecule has 0 aliphatic rings. The van der Waals surface area contributed by atoms with Gasteiger partial charge < -0.3 is 0 Å². The van der Waals surface area contributed by atoms with Crippen molar-refractivity contribution in [2.75, 3.05) is 0 Å². The minimum atomic E-state index is 0.0373. The maximum atomic E-state index is 12.9. The Morgan fingerprint density at radius 2 is 1.76 bits per heavy atom. The summed E-state index contributed by atoms with van der Waals surface area (Å²) in [5.41, 5.74) is 5.14. The van der Waals surface area contributed by atoms with Crippen molar-refractivity contribution in [2.45, 2.75) is 26.2 Å². The van der Waals surface area contributed by atoms with E-state index in [-0.39, 0.29) is 11.7 Å². The summed E-state index contributed by atoms with van der Waals surface area (Å²) in [6, 6.07) is 20.2. The Morgan fingerprint density at radius 1 is 1.04 bits per heavy atom. The quantitative estimate of drug-likeness (QED) is 0.507. The molecule has 0 bridgehead atoms. The average molecular weight is 394 g/mol. The average Bonchev–Trinajstić information content (AvgIpc) is 2.61. The molecular formula is C22H20BrNO. The zero-order valence-corrected chi connectivity index (χ0v) is 16.0. The smallest absolute Gasteiger partial charge is 0.163 e. The number of hydrogen-bond acceptors (Lipinski definition) is 2. The number of ketones is 1. The monoisotopic (exact) mass is 393 g/mol. The number of pyridine rings is 1. The Balaban J connectivity index is 1.98. The Hall–Kier alpha value is -2.26. The van der Waals surface area contributed by atoms with Crippen LogP contribution in [0.4, 0.5) is 0 Å². The molecule has 0 N–H and O–H groups in total. The van der Waals surface area contributed by atoms with Gasteiger partial charge >= 0.3 is 0 Å². The molecule has 2 aromatic carbocycles.